The van der Waals surface area contributed by atoms with Gasteiger partial charge in [-0.2, -0.15) is 0 Å². The summed E-state index contributed by atoms with van der Waals surface area (Å²) in [6, 6.07) is 5.35. The van der Waals surface area contributed by atoms with Gasteiger partial charge in [0, 0.05) is 28.6 Å². The maximum Gasteiger partial charge on any atom is 0.345 e. The number of nitrogens with zero attached hydrogens (tertiary/aromatic N) is 1. The number of alkyl halides is 1. The van der Waals surface area contributed by atoms with Crippen LogP contribution in [0.4, 0.5) is 0 Å². The van der Waals surface area contributed by atoms with Crippen molar-refractivity contribution < 1.29 is 15.0 Å². The summed E-state index contributed by atoms with van der Waals surface area (Å²) in [5.41, 5.74) is 0.895. The Morgan fingerprint density at radius 2 is 2.19 bits per heavy atom. The lowest BCUT2D eigenvalue weighted by molar-refractivity contribution is 0.0702. The van der Waals surface area contributed by atoms with Gasteiger partial charge in [-0.15, -0.1) is 22.9 Å². The van der Waals surface area contributed by atoms with Gasteiger partial charge in [0.05, 0.1) is 11.1 Å². The summed E-state index contributed by atoms with van der Waals surface area (Å²) in [5, 5.41) is 19.9. The Kier molecular flexibility index (Phi) is 6.93. The number of hydrogen-bond acceptors (Lipinski definition) is 4. The van der Waals surface area contributed by atoms with Gasteiger partial charge in [-0.05, 0) is 55.4 Å². The van der Waals surface area contributed by atoms with Gasteiger partial charge in [0.15, 0.2) is 0 Å². The molecule has 2 N–H and O–H groups in total. The SMILES string of the molecule is O=C(O)c1ccc(CCC[C@@H]2[C@@H](C=Cc3cncc(Cl)c3)[C@H](O)C[C@H]2Cl)s1. The topological polar surface area (TPSA) is 70.4 Å². The molecule has 0 aliphatic heterocycles. The molecule has 2 heterocycles. The second kappa shape index (κ2) is 9.20. The third-order valence-corrected chi connectivity index (χ3v) is 6.78. The summed E-state index contributed by atoms with van der Waals surface area (Å²) in [4.78, 5) is 16.5. The average Bonchev–Trinajstić information content (AvgIpc) is 3.19. The quantitative estimate of drug-likeness (QED) is 0.602. The minimum absolute atomic E-state index is 0.00982. The molecule has 4 nitrogen and oxygen atoms in total. The Labute approximate surface area is 172 Å². The van der Waals surface area contributed by atoms with Gasteiger partial charge < -0.3 is 10.2 Å². The number of hydrogen-bond donors (Lipinski definition) is 2. The van der Waals surface area contributed by atoms with Crippen LogP contribution in [0, 0.1) is 11.8 Å². The van der Waals surface area contributed by atoms with E-state index in [0.29, 0.717) is 16.3 Å². The zero-order valence-electron chi connectivity index (χ0n) is 14.6. The number of aryl methyl sites for hydroxylation is 1. The third kappa shape index (κ3) is 5.32. The van der Waals surface area contributed by atoms with Gasteiger partial charge in [0.1, 0.15) is 4.88 Å². The van der Waals surface area contributed by atoms with Crippen LogP contribution >= 0.6 is 34.5 Å². The summed E-state index contributed by atoms with van der Waals surface area (Å²) in [5.74, 6) is -0.708. The van der Waals surface area contributed by atoms with Crippen LogP contribution in [0.15, 0.2) is 36.7 Å². The lowest BCUT2D eigenvalue weighted by Crippen LogP contribution is -2.18. The van der Waals surface area contributed by atoms with Crippen molar-refractivity contribution in [2.45, 2.75) is 37.2 Å². The number of carboxylic acid groups (broad SMARTS) is 1. The molecule has 144 valence electrons. The Morgan fingerprint density at radius 3 is 2.89 bits per heavy atom. The average molecular weight is 426 g/mol. The van der Waals surface area contributed by atoms with Crippen molar-refractivity contribution in [2.75, 3.05) is 0 Å². The Hall–Kier alpha value is -1.40. The molecule has 27 heavy (non-hydrogen) atoms. The highest BCUT2D eigenvalue weighted by molar-refractivity contribution is 7.13. The fourth-order valence-electron chi connectivity index (χ4n) is 3.61. The van der Waals surface area contributed by atoms with Crippen molar-refractivity contribution in [2.24, 2.45) is 11.8 Å². The summed E-state index contributed by atoms with van der Waals surface area (Å²) in [6.45, 7) is 0. The van der Waals surface area contributed by atoms with Gasteiger partial charge in [0.2, 0.25) is 0 Å². The number of carbonyl (C=O) groups is 1. The van der Waals surface area contributed by atoms with Crippen molar-refractivity contribution in [3.8, 4) is 0 Å². The van der Waals surface area contributed by atoms with Crippen LogP contribution < -0.4 is 0 Å². The minimum atomic E-state index is -0.883. The molecule has 0 bridgehead atoms. The van der Waals surface area contributed by atoms with E-state index in [1.165, 1.54) is 11.3 Å². The fraction of sp³-hybridized carbons (Fsp3) is 0.400. The number of thiophene rings is 1. The van der Waals surface area contributed by atoms with E-state index in [9.17, 15) is 9.90 Å². The maximum atomic E-state index is 11.0. The second-order valence-electron chi connectivity index (χ2n) is 6.82. The molecule has 4 atom stereocenters. The number of aromatic carboxylic acids is 1. The van der Waals surface area contributed by atoms with Crippen LogP contribution in [0.25, 0.3) is 6.08 Å². The Bertz CT molecular complexity index is 823. The van der Waals surface area contributed by atoms with E-state index < -0.39 is 12.1 Å². The first-order valence-electron chi connectivity index (χ1n) is 8.87. The summed E-state index contributed by atoms with van der Waals surface area (Å²) in [6.07, 6.45) is 10.00. The number of aromatic nitrogens is 1. The maximum absolute atomic E-state index is 11.0. The molecule has 3 rings (SSSR count). The molecule has 0 amide bonds. The zero-order chi connectivity index (χ0) is 19.4. The van der Waals surface area contributed by atoms with Crippen molar-refractivity contribution in [1.29, 1.82) is 0 Å². The highest BCUT2D eigenvalue weighted by Crippen LogP contribution is 2.40. The molecule has 0 saturated heterocycles. The summed E-state index contributed by atoms with van der Waals surface area (Å²) >= 11 is 13.8. The first-order chi connectivity index (χ1) is 12.9. The predicted molar refractivity (Wildman–Crippen MR) is 110 cm³/mol. The van der Waals surface area contributed by atoms with Crippen LogP contribution in [0.3, 0.4) is 0 Å². The van der Waals surface area contributed by atoms with Crippen LogP contribution in [-0.4, -0.2) is 32.6 Å². The number of pyridine rings is 1. The van der Waals surface area contributed by atoms with Gasteiger partial charge in [-0.25, -0.2) is 4.79 Å². The highest BCUT2D eigenvalue weighted by atomic mass is 35.5. The molecule has 0 unspecified atom stereocenters. The van der Waals surface area contributed by atoms with Crippen LogP contribution in [-0.2, 0) is 6.42 Å². The summed E-state index contributed by atoms with van der Waals surface area (Å²) < 4.78 is 0. The molecule has 2 aromatic rings. The van der Waals surface area contributed by atoms with Gasteiger partial charge in [0.25, 0.3) is 0 Å². The number of aliphatic hydroxyl groups excluding tert-OH is 1. The monoisotopic (exact) mass is 425 g/mol. The van der Waals surface area contributed by atoms with E-state index in [1.807, 2.05) is 24.3 Å². The number of aliphatic hydroxyl groups is 1. The lowest BCUT2D eigenvalue weighted by Gasteiger charge is -2.20. The molecule has 2 aromatic heterocycles. The van der Waals surface area contributed by atoms with E-state index in [1.54, 1.807) is 18.5 Å². The summed E-state index contributed by atoms with van der Waals surface area (Å²) in [7, 11) is 0. The molecule has 1 aliphatic carbocycles. The first-order valence-corrected chi connectivity index (χ1v) is 10.5. The van der Waals surface area contributed by atoms with Crippen molar-refractivity contribution in [3.05, 3.63) is 57.0 Å². The highest BCUT2D eigenvalue weighted by Gasteiger charge is 2.39. The molecule has 1 fully saturated rings. The van der Waals surface area contributed by atoms with E-state index in [-0.39, 0.29) is 17.2 Å². The minimum Gasteiger partial charge on any atom is -0.477 e. The fourth-order valence-corrected chi connectivity index (χ4v) is 5.16. The largest absolute Gasteiger partial charge is 0.477 e. The number of halogens is 2. The van der Waals surface area contributed by atoms with Crippen molar-refractivity contribution in [1.82, 2.24) is 4.98 Å². The molecular formula is C20H21Cl2NO3S. The molecule has 0 aromatic carbocycles. The standard InChI is InChI=1S/C20H21Cl2NO3S/c21-13-8-12(10-23-11-13)4-6-16-15(17(22)9-18(16)24)3-1-2-14-5-7-19(27-14)20(25)26/h4-8,10-11,15-18,24H,1-3,9H2,(H,25,26)/t15-,16-,17-,18-/m1/s1. The Balaban J connectivity index is 1.60. The smallest absolute Gasteiger partial charge is 0.345 e. The molecule has 0 spiro atoms. The number of rotatable bonds is 7. The van der Waals surface area contributed by atoms with Gasteiger partial charge in [-0.3, -0.25) is 4.98 Å². The van der Waals surface area contributed by atoms with Gasteiger partial charge in [-0.1, -0.05) is 23.8 Å². The van der Waals surface area contributed by atoms with E-state index in [0.717, 1.165) is 29.7 Å². The Morgan fingerprint density at radius 1 is 1.37 bits per heavy atom. The van der Waals surface area contributed by atoms with E-state index in [4.69, 9.17) is 28.3 Å². The third-order valence-electron chi connectivity index (χ3n) is 4.94. The van der Waals surface area contributed by atoms with Crippen LogP contribution in [0.1, 0.15) is 39.4 Å². The predicted octanol–water partition coefficient (Wildman–Crippen LogP) is 5.14. The van der Waals surface area contributed by atoms with E-state index >= 15 is 0 Å². The lowest BCUT2D eigenvalue weighted by atomic mass is 9.89. The van der Waals surface area contributed by atoms with Crippen LogP contribution in [0.5, 0.6) is 0 Å². The molecule has 1 aliphatic rings. The normalized spacial score (nSPS) is 25.3. The molecule has 7 heteroatoms. The number of carboxylic acids is 1. The molecule has 1 saturated carbocycles. The second-order valence-corrected chi connectivity index (χ2v) is 8.98. The zero-order valence-corrected chi connectivity index (χ0v) is 16.9. The van der Waals surface area contributed by atoms with Crippen LogP contribution in [0.2, 0.25) is 5.02 Å². The van der Waals surface area contributed by atoms with Crippen molar-refractivity contribution in [3.63, 3.8) is 0 Å². The van der Waals surface area contributed by atoms with E-state index in [2.05, 4.69) is 4.98 Å². The van der Waals surface area contributed by atoms with Gasteiger partial charge >= 0.3 is 5.97 Å². The first kappa shape index (κ1) is 20.3. The molecular weight excluding hydrogens is 405 g/mol. The van der Waals surface area contributed by atoms with Crippen molar-refractivity contribution >= 4 is 46.6 Å². The molecule has 0 radical (unpaired) electrons.